The first-order valence-corrected chi connectivity index (χ1v) is 11.6. The molecular weight excluding hydrogens is 430 g/mol. The third-order valence-corrected chi connectivity index (χ3v) is 6.30. The molecule has 3 aromatic carbocycles. The van der Waals surface area contributed by atoms with Gasteiger partial charge in [-0.15, -0.1) is 0 Å². The van der Waals surface area contributed by atoms with E-state index in [-0.39, 0.29) is 16.7 Å². The molecule has 0 spiro atoms. The van der Waals surface area contributed by atoms with Crippen molar-refractivity contribution in [2.24, 2.45) is 0 Å². The summed E-state index contributed by atoms with van der Waals surface area (Å²) < 4.78 is 41.4. The number of carbonyl (C=O) groups is 1. The van der Waals surface area contributed by atoms with E-state index in [1.54, 1.807) is 65.6 Å². The van der Waals surface area contributed by atoms with Gasteiger partial charge in [-0.3, -0.25) is 0 Å². The SMILES string of the molecule is Cc1ccc(S(=O)(=O)Oc2ccc([C@H]3CN(C(=O)Oc4ccccc4)CCO3)cc2)cc1. The fraction of sp³-hybridized carbons (Fsp3) is 0.208. The molecule has 1 amide bonds. The van der Waals surface area contributed by atoms with Gasteiger partial charge in [-0.1, -0.05) is 48.0 Å². The van der Waals surface area contributed by atoms with Gasteiger partial charge in [-0.05, 0) is 48.9 Å². The fourth-order valence-electron chi connectivity index (χ4n) is 3.29. The normalized spacial score (nSPS) is 16.4. The summed E-state index contributed by atoms with van der Waals surface area (Å²) in [4.78, 5) is 14.2. The van der Waals surface area contributed by atoms with Crippen molar-refractivity contribution in [1.82, 2.24) is 4.90 Å². The maximum Gasteiger partial charge on any atom is 0.415 e. The van der Waals surface area contributed by atoms with E-state index < -0.39 is 16.2 Å². The predicted molar refractivity (Wildman–Crippen MR) is 118 cm³/mol. The van der Waals surface area contributed by atoms with E-state index >= 15 is 0 Å². The minimum absolute atomic E-state index is 0.0929. The first-order chi connectivity index (χ1) is 15.4. The molecule has 1 saturated heterocycles. The molecule has 7 nitrogen and oxygen atoms in total. The molecule has 1 aliphatic heterocycles. The number of carbonyl (C=O) groups excluding carboxylic acids is 1. The Labute approximate surface area is 187 Å². The number of rotatable bonds is 5. The monoisotopic (exact) mass is 453 g/mol. The molecule has 0 aromatic heterocycles. The van der Waals surface area contributed by atoms with Gasteiger partial charge < -0.3 is 18.6 Å². The highest BCUT2D eigenvalue weighted by atomic mass is 32.2. The van der Waals surface area contributed by atoms with Gasteiger partial charge in [0.25, 0.3) is 0 Å². The fourth-order valence-corrected chi connectivity index (χ4v) is 4.22. The molecule has 0 aliphatic carbocycles. The van der Waals surface area contributed by atoms with E-state index in [9.17, 15) is 13.2 Å². The van der Waals surface area contributed by atoms with Gasteiger partial charge in [0.2, 0.25) is 0 Å². The highest BCUT2D eigenvalue weighted by molar-refractivity contribution is 7.87. The third-order valence-electron chi connectivity index (χ3n) is 5.04. The smallest absolute Gasteiger partial charge is 0.410 e. The Balaban J connectivity index is 1.40. The standard InChI is InChI=1S/C24H23NO6S/c1-18-7-13-22(14-8-18)32(27,28)31-21-11-9-19(10-12-21)23-17-25(15-16-29-23)24(26)30-20-5-3-2-4-6-20/h2-14,23H,15-17H2,1H3/t23-/m1/s1. The van der Waals surface area contributed by atoms with Crippen LogP contribution in [0.15, 0.2) is 83.8 Å². The maximum atomic E-state index is 12.5. The van der Waals surface area contributed by atoms with E-state index in [4.69, 9.17) is 13.7 Å². The zero-order valence-corrected chi connectivity index (χ0v) is 18.3. The lowest BCUT2D eigenvalue weighted by atomic mass is 10.1. The van der Waals surface area contributed by atoms with Gasteiger partial charge in [0.1, 0.15) is 22.5 Å². The van der Waals surface area contributed by atoms with Gasteiger partial charge in [-0.2, -0.15) is 8.42 Å². The number of ether oxygens (including phenoxy) is 2. The van der Waals surface area contributed by atoms with E-state index in [0.29, 0.717) is 25.4 Å². The number of benzene rings is 3. The summed E-state index contributed by atoms with van der Waals surface area (Å²) >= 11 is 0. The highest BCUT2D eigenvalue weighted by Crippen LogP contribution is 2.26. The second-order valence-corrected chi connectivity index (χ2v) is 8.95. The van der Waals surface area contributed by atoms with Crippen molar-refractivity contribution in [2.75, 3.05) is 19.7 Å². The van der Waals surface area contributed by atoms with Crippen LogP contribution in [0.3, 0.4) is 0 Å². The molecule has 166 valence electrons. The molecule has 8 heteroatoms. The molecule has 0 radical (unpaired) electrons. The molecule has 0 bridgehead atoms. The van der Waals surface area contributed by atoms with Gasteiger partial charge in [0.15, 0.2) is 0 Å². The van der Waals surface area contributed by atoms with Crippen molar-refractivity contribution < 1.29 is 26.9 Å². The van der Waals surface area contributed by atoms with Crippen molar-refractivity contribution in [1.29, 1.82) is 0 Å². The van der Waals surface area contributed by atoms with E-state index in [1.165, 1.54) is 12.1 Å². The van der Waals surface area contributed by atoms with Crippen molar-refractivity contribution in [3.05, 3.63) is 90.0 Å². The molecule has 1 aliphatic rings. The van der Waals surface area contributed by atoms with Crippen LogP contribution in [0.4, 0.5) is 4.79 Å². The second kappa shape index (κ2) is 9.42. The van der Waals surface area contributed by atoms with E-state index in [1.807, 2.05) is 13.0 Å². The average molecular weight is 454 g/mol. The highest BCUT2D eigenvalue weighted by Gasteiger charge is 2.27. The lowest BCUT2D eigenvalue weighted by molar-refractivity contribution is -0.0218. The third kappa shape index (κ3) is 5.27. The maximum absolute atomic E-state index is 12.5. The number of aryl methyl sites for hydroxylation is 1. The topological polar surface area (TPSA) is 82.1 Å². The summed E-state index contributed by atoms with van der Waals surface area (Å²) in [5.41, 5.74) is 1.77. The number of nitrogens with zero attached hydrogens (tertiary/aromatic N) is 1. The van der Waals surface area contributed by atoms with Crippen molar-refractivity contribution >= 4 is 16.2 Å². The van der Waals surface area contributed by atoms with Crippen LogP contribution in [0.5, 0.6) is 11.5 Å². The number of amides is 1. The lowest BCUT2D eigenvalue weighted by Crippen LogP contribution is -2.43. The number of hydrogen-bond donors (Lipinski definition) is 0. The van der Waals surface area contributed by atoms with Crippen LogP contribution in [0, 0.1) is 6.92 Å². The lowest BCUT2D eigenvalue weighted by Gasteiger charge is -2.32. The minimum Gasteiger partial charge on any atom is -0.410 e. The van der Waals surface area contributed by atoms with Crippen molar-refractivity contribution in [2.45, 2.75) is 17.9 Å². The van der Waals surface area contributed by atoms with Gasteiger partial charge in [0.05, 0.1) is 13.2 Å². The van der Waals surface area contributed by atoms with Crippen molar-refractivity contribution in [3.8, 4) is 11.5 Å². The first kappa shape index (κ1) is 21.9. The summed E-state index contributed by atoms with van der Waals surface area (Å²) in [6, 6.07) is 22.0. The molecule has 0 saturated carbocycles. The van der Waals surface area contributed by atoms with Crippen LogP contribution in [0.1, 0.15) is 17.2 Å². The average Bonchev–Trinajstić information content (AvgIpc) is 2.80. The Kier molecular flexibility index (Phi) is 6.43. The molecule has 3 aromatic rings. The molecule has 1 fully saturated rings. The molecule has 4 rings (SSSR count). The minimum atomic E-state index is -3.92. The Bertz CT molecular complexity index is 1160. The van der Waals surface area contributed by atoms with Gasteiger partial charge in [-0.25, -0.2) is 4.79 Å². The van der Waals surface area contributed by atoms with Crippen LogP contribution >= 0.6 is 0 Å². The molecule has 1 heterocycles. The summed E-state index contributed by atoms with van der Waals surface area (Å²) in [6.07, 6.45) is -0.788. The number of para-hydroxylation sites is 1. The van der Waals surface area contributed by atoms with Crippen LogP contribution in [0.2, 0.25) is 0 Å². The van der Waals surface area contributed by atoms with E-state index in [2.05, 4.69) is 0 Å². The Morgan fingerprint density at radius 2 is 1.62 bits per heavy atom. The quantitative estimate of drug-likeness (QED) is 0.535. The summed E-state index contributed by atoms with van der Waals surface area (Å²) in [6.45, 7) is 3.01. The van der Waals surface area contributed by atoms with Gasteiger partial charge >= 0.3 is 16.2 Å². The zero-order valence-electron chi connectivity index (χ0n) is 17.5. The zero-order chi connectivity index (χ0) is 22.6. The van der Waals surface area contributed by atoms with Crippen LogP contribution in [0.25, 0.3) is 0 Å². The van der Waals surface area contributed by atoms with Crippen LogP contribution in [-0.4, -0.2) is 39.1 Å². The molecule has 1 atom stereocenters. The summed E-state index contributed by atoms with van der Waals surface area (Å²) in [5.74, 6) is 0.683. The molecule has 32 heavy (non-hydrogen) atoms. The number of morpholine rings is 1. The van der Waals surface area contributed by atoms with E-state index in [0.717, 1.165) is 11.1 Å². The Morgan fingerprint density at radius 3 is 2.31 bits per heavy atom. The Hall–Kier alpha value is -3.36. The number of hydrogen-bond acceptors (Lipinski definition) is 6. The van der Waals surface area contributed by atoms with Crippen LogP contribution in [-0.2, 0) is 14.9 Å². The predicted octanol–water partition coefficient (Wildman–Crippen LogP) is 4.34. The molecule has 0 N–H and O–H groups in total. The molecular formula is C24H23NO6S. The summed E-state index contributed by atoms with van der Waals surface area (Å²) in [5, 5.41) is 0. The summed E-state index contributed by atoms with van der Waals surface area (Å²) in [7, 11) is -3.92. The second-order valence-electron chi connectivity index (χ2n) is 7.41. The largest absolute Gasteiger partial charge is 0.415 e. The molecule has 0 unspecified atom stereocenters. The van der Waals surface area contributed by atoms with Gasteiger partial charge in [0, 0.05) is 6.54 Å². The van der Waals surface area contributed by atoms with Crippen molar-refractivity contribution in [3.63, 3.8) is 0 Å². The first-order valence-electron chi connectivity index (χ1n) is 10.2. The van der Waals surface area contributed by atoms with Crippen LogP contribution < -0.4 is 8.92 Å². The Morgan fingerprint density at radius 1 is 0.938 bits per heavy atom.